The summed E-state index contributed by atoms with van der Waals surface area (Å²) < 4.78 is 11.9. The number of benzene rings is 2. The first-order chi connectivity index (χ1) is 19.6. The SMILES string of the molecule is C[C@@H]1CN([C@@H](C)CO)C(=O)c2cc(NC(=O)CCN3CCOCC3)ccc2O[C@H]1CN(C)Cc1ccc(Cl)c(Cl)c1. The minimum atomic E-state index is -0.378. The maximum atomic E-state index is 13.7. The summed E-state index contributed by atoms with van der Waals surface area (Å²) in [6.45, 7) is 9.03. The molecule has 2 aliphatic rings. The van der Waals surface area contributed by atoms with Gasteiger partial charge in [0.2, 0.25) is 5.91 Å². The zero-order valence-electron chi connectivity index (χ0n) is 23.9. The lowest BCUT2D eigenvalue weighted by Crippen LogP contribution is -2.49. The highest BCUT2D eigenvalue weighted by atomic mass is 35.5. The van der Waals surface area contributed by atoms with E-state index in [1.165, 1.54) is 0 Å². The average Bonchev–Trinajstić information content (AvgIpc) is 2.96. The number of hydrogen-bond donors (Lipinski definition) is 2. The first kappa shape index (κ1) is 31.5. The number of likely N-dealkylation sites (N-methyl/N-ethyl adjacent to an activating group) is 1. The van der Waals surface area contributed by atoms with Crippen molar-refractivity contribution in [2.45, 2.75) is 39.0 Å². The third kappa shape index (κ3) is 8.56. The number of nitrogens with one attached hydrogen (secondary N) is 1. The van der Waals surface area contributed by atoms with Crippen molar-refractivity contribution in [2.75, 3.05) is 64.9 Å². The summed E-state index contributed by atoms with van der Waals surface area (Å²) in [7, 11) is 2.01. The Kier molecular flexibility index (Phi) is 11.3. The number of rotatable bonds is 10. The smallest absolute Gasteiger partial charge is 0.258 e. The van der Waals surface area contributed by atoms with Crippen LogP contribution in [0.4, 0.5) is 5.69 Å². The molecule has 2 aromatic carbocycles. The molecule has 11 heteroatoms. The molecule has 4 rings (SSSR count). The Balaban J connectivity index is 1.50. The van der Waals surface area contributed by atoms with E-state index in [9.17, 15) is 14.7 Å². The van der Waals surface area contributed by atoms with Gasteiger partial charge in [0.15, 0.2) is 0 Å². The molecular weight excluding hydrogens is 567 g/mol. The maximum absolute atomic E-state index is 13.7. The van der Waals surface area contributed by atoms with Crippen molar-refractivity contribution >= 4 is 40.7 Å². The standard InChI is InChI=1S/C30H40Cl2N4O5/c1-20-16-36(21(2)19-37)30(39)24-15-23(33-29(38)8-9-35-10-12-40-13-11-35)5-7-27(24)41-28(20)18-34(3)17-22-4-6-25(31)26(32)14-22/h4-7,14-15,20-21,28,37H,8-13,16-19H2,1-3H3,(H,33,38)/t20-,21+,28+/m1/s1. The van der Waals surface area contributed by atoms with Gasteiger partial charge < -0.3 is 24.8 Å². The predicted octanol–water partition coefficient (Wildman–Crippen LogP) is 4.01. The van der Waals surface area contributed by atoms with Gasteiger partial charge in [0.1, 0.15) is 11.9 Å². The number of carbonyl (C=O) groups is 2. The number of aliphatic hydroxyl groups is 1. The molecule has 9 nitrogen and oxygen atoms in total. The number of nitrogens with zero attached hydrogens (tertiary/aromatic N) is 3. The highest BCUT2D eigenvalue weighted by molar-refractivity contribution is 6.42. The van der Waals surface area contributed by atoms with Gasteiger partial charge in [0.25, 0.3) is 5.91 Å². The molecule has 0 aliphatic carbocycles. The van der Waals surface area contributed by atoms with Crippen LogP contribution in [0.2, 0.25) is 10.0 Å². The van der Waals surface area contributed by atoms with Crippen LogP contribution in [0.1, 0.15) is 36.2 Å². The van der Waals surface area contributed by atoms with E-state index in [0.717, 1.165) is 18.7 Å². The van der Waals surface area contributed by atoms with Crippen LogP contribution in [-0.4, -0.2) is 103 Å². The fourth-order valence-electron chi connectivity index (χ4n) is 5.15. The Labute approximate surface area is 252 Å². The van der Waals surface area contributed by atoms with Gasteiger partial charge in [-0.05, 0) is 49.9 Å². The van der Waals surface area contributed by atoms with Crippen molar-refractivity contribution in [3.05, 3.63) is 57.6 Å². The minimum Gasteiger partial charge on any atom is -0.488 e. The zero-order chi connectivity index (χ0) is 29.5. The van der Waals surface area contributed by atoms with E-state index in [1.54, 1.807) is 29.2 Å². The lowest BCUT2D eigenvalue weighted by Gasteiger charge is -2.38. The second kappa shape index (κ2) is 14.7. The lowest BCUT2D eigenvalue weighted by molar-refractivity contribution is -0.116. The van der Waals surface area contributed by atoms with Gasteiger partial charge in [-0.3, -0.25) is 19.4 Å². The van der Waals surface area contributed by atoms with Crippen molar-refractivity contribution in [1.82, 2.24) is 14.7 Å². The molecular formula is C30H40Cl2N4O5. The predicted molar refractivity (Wildman–Crippen MR) is 161 cm³/mol. The van der Waals surface area contributed by atoms with E-state index in [2.05, 4.69) is 22.0 Å². The Hall–Kier alpha value is -2.40. The number of aliphatic hydroxyl groups excluding tert-OH is 1. The third-order valence-corrected chi connectivity index (χ3v) is 8.37. The Bertz CT molecular complexity index is 1210. The summed E-state index contributed by atoms with van der Waals surface area (Å²) in [5, 5.41) is 13.9. The fourth-order valence-corrected chi connectivity index (χ4v) is 5.47. The Morgan fingerprint density at radius 2 is 1.93 bits per heavy atom. The number of hydrogen-bond acceptors (Lipinski definition) is 7. The molecule has 0 aromatic heterocycles. The summed E-state index contributed by atoms with van der Waals surface area (Å²) in [5.41, 5.74) is 1.92. The first-order valence-corrected chi connectivity index (χ1v) is 14.8. The quantitative estimate of drug-likeness (QED) is 0.422. The minimum absolute atomic E-state index is 0.0167. The summed E-state index contributed by atoms with van der Waals surface area (Å²) in [6.07, 6.45) is 0.108. The summed E-state index contributed by atoms with van der Waals surface area (Å²) >= 11 is 12.3. The van der Waals surface area contributed by atoms with E-state index in [1.807, 2.05) is 26.1 Å². The highest BCUT2D eigenvalue weighted by Crippen LogP contribution is 2.31. The summed E-state index contributed by atoms with van der Waals surface area (Å²) in [6, 6.07) is 10.4. The van der Waals surface area contributed by atoms with Gasteiger partial charge in [-0.2, -0.15) is 0 Å². The van der Waals surface area contributed by atoms with Gasteiger partial charge in [-0.1, -0.05) is 36.2 Å². The molecule has 2 amide bonds. The van der Waals surface area contributed by atoms with E-state index < -0.39 is 0 Å². The average molecular weight is 608 g/mol. The molecule has 0 unspecified atom stereocenters. The second-order valence-corrected chi connectivity index (χ2v) is 11.8. The van der Waals surface area contributed by atoms with Gasteiger partial charge in [0.05, 0.1) is 41.5 Å². The molecule has 2 aromatic rings. The first-order valence-electron chi connectivity index (χ1n) is 14.1. The van der Waals surface area contributed by atoms with Crippen LogP contribution in [0.5, 0.6) is 5.75 Å². The normalized spacial score (nSPS) is 20.7. The fraction of sp³-hybridized carbons (Fsp3) is 0.533. The molecule has 2 N–H and O–H groups in total. The van der Waals surface area contributed by atoms with Crippen molar-refractivity contribution in [1.29, 1.82) is 0 Å². The topological polar surface area (TPSA) is 94.6 Å². The van der Waals surface area contributed by atoms with Gasteiger partial charge in [0, 0.05) is 57.3 Å². The number of morpholine rings is 1. The molecule has 224 valence electrons. The van der Waals surface area contributed by atoms with Crippen LogP contribution in [0.3, 0.4) is 0 Å². The Morgan fingerprint density at radius 3 is 2.63 bits per heavy atom. The van der Waals surface area contributed by atoms with Crippen LogP contribution in [-0.2, 0) is 16.1 Å². The summed E-state index contributed by atoms with van der Waals surface area (Å²) in [4.78, 5) is 32.5. The molecule has 2 heterocycles. The zero-order valence-corrected chi connectivity index (χ0v) is 25.5. The van der Waals surface area contributed by atoms with Crippen molar-refractivity contribution in [3.63, 3.8) is 0 Å². The number of ether oxygens (including phenoxy) is 2. The van der Waals surface area contributed by atoms with Gasteiger partial charge in [-0.15, -0.1) is 0 Å². The molecule has 0 radical (unpaired) electrons. The van der Waals surface area contributed by atoms with Gasteiger partial charge >= 0.3 is 0 Å². The largest absolute Gasteiger partial charge is 0.488 e. The number of halogens is 2. The maximum Gasteiger partial charge on any atom is 0.258 e. The van der Waals surface area contributed by atoms with Crippen molar-refractivity contribution in [2.24, 2.45) is 5.92 Å². The molecule has 41 heavy (non-hydrogen) atoms. The van der Waals surface area contributed by atoms with E-state index in [-0.39, 0.29) is 36.5 Å². The highest BCUT2D eigenvalue weighted by Gasteiger charge is 2.33. The number of anilines is 1. The molecule has 0 saturated carbocycles. The molecule has 1 saturated heterocycles. The molecule has 3 atom stereocenters. The number of fused-ring (bicyclic) bond motifs is 1. The number of amides is 2. The van der Waals surface area contributed by atoms with Gasteiger partial charge in [-0.25, -0.2) is 0 Å². The monoisotopic (exact) mass is 606 g/mol. The number of carbonyl (C=O) groups excluding carboxylic acids is 2. The lowest BCUT2D eigenvalue weighted by atomic mass is 9.99. The van der Waals surface area contributed by atoms with Crippen LogP contribution in [0, 0.1) is 5.92 Å². The molecule has 0 spiro atoms. The molecule has 1 fully saturated rings. The van der Waals surface area contributed by atoms with E-state index >= 15 is 0 Å². The Morgan fingerprint density at radius 1 is 1.17 bits per heavy atom. The second-order valence-electron chi connectivity index (χ2n) is 11.0. The van der Waals surface area contributed by atoms with Crippen LogP contribution >= 0.6 is 23.2 Å². The third-order valence-electron chi connectivity index (χ3n) is 7.64. The van der Waals surface area contributed by atoms with Crippen LogP contribution in [0.15, 0.2) is 36.4 Å². The summed E-state index contributed by atoms with van der Waals surface area (Å²) in [5.74, 6) is 0.0833. The van der Waals surface area contributed by atoms with Crippen molar-refractivity contribution in [3.8, 4) is 5.75 Å². The van der Waals surface area contributed by atoms with Crippen molar-refractivity contribution < 1.29 is 24.2 Å². The van der Waals surface area contributed by atoms with Crippen LogP contribution in [0.25, 0.3) is 0 Å². The van der Waals surface area contributed by atoms with E-state index in [4.69, 9.17) is 32.7 Å². The molecule has 0 bridgehead atoms. The van der Waals surface area contributed by atoms with E-state index in [0.29, 0.717) is 72.9 Å². The van der Waals surface area contributed by atoms with Crippen LogP contribution < -0.4 is 10.1 Å². The molecule has 2 aliphatic heterocycles.